The largest absolute Gasteiger partial charge is 0.497 e. The molecule has 1 heterocycles. The third-order valence-corrected chi connectivity index (χ3v) is 4.51. The topological polar surface area (TPSA) is 64.6 Å². The smallest absolute Gasteiger partial charge is 0.193 e. The molecule has 1 saturated heterocycles. The fraction of sp³-hybridized carbons (Fsp3) is 0.650. The minimum atomic E-state index is 0. The van der Waals surface area contributed by atoms with Gasteiger partial charge in [-0.15, -0.1) is 24.0 Å². The Kier molecular flexibility index (Phi) is 13.0. The first kappa shape index (κ1) is 24.8. The van der Waals surface area contributed by atoms with Crippen molar-refractivity contribution in [2.45, 2.75) is 12.8 Å². The minimum Gasteiger partial charge on any atom is -0.497 e. The van der Waals surface area contributed by atoms with E-state index < -0.39 is 0 Å². The molecule has 8 heteroatoms. The number of hydrogen-bond acceptors (Lipinski definition) is 5. The molecule has 1 N–H and O–H groups in total. The van der Waals surface area contributed by atoms with Gasteiger partial charge in [0.1, 0.15) is 11.5 Å². The molecule has 0 spiro atoms. The number of hydrogen-bond donors (Lipinski definition) is 1. The number of nitrogens with one attached hydrogen (secondary N) is 1. The van der Waals surface area contributed by atoms with E-state index in [1.807, 2.05) is 31.3 Å². The lowest BCUT2D eigenvalue weighted by Gasteiger charge is -2.21. The highest BCUT2D eigenvalue weighted by Gasteiger charge is 2.24. The maximum absolute atomic E-state index is 5.75. The van der Waals surface area contributed by atoms with E-state index in [0.717, 1.165) is 56.5 Å². The van der Waals surface area contributed by atoms with Crippen LogP contribution in [-0.4, -0.2) is 78.2 Å². The Bertz CT molecular complexity index is 557. The molecule has 0 saturated carbocycles. The van der Waals surface area contributed by atoms with Crippen LogP contribution in [0.4, 0.5) is 0 Å². The van der Waals surface area contributed by atoms with Crippen molar-refractivity contribution >= 4 is 29.9 Å². The number of nitrogens with zero attached hydrogens (tertiary/aromatic N) is 2. The molecule has 1 atom stereocenters. The Morgan fingerprint density at radius 3 is 2.57 bits per heavy atom. The quantitative estimate of drug-likeness (QED) is 0.215. The van der Waals surface area contributed by atoms with E-state index in [-0.39, 0.29) is 24.0 Å². The first-order valence-corrected chi connectivity index (χ1v) is 9.56. The number of guanidine groups is 1. The van der Waals surface area contributed by atoms with E-state index in [4.69, 9.17) is 18.9 Å². The van der Waals surface area contributed by atoms with Crippen LogP contribution in [0, 0.1) is 5.92 Å². The third kappa shape index (κ3) is 8.83. The van der Waals surface area contributed by atoms with E-state index >= 15 is 0 Å². The van der Waals surface area contributed by atoms with Gasteiger partial charge < -0.3 is 29.2 Å². The van der Waals surface area contributed by atoms with Gasteiger partial charge in [0.25, 0.3) is 0 Å². The molecule has 1 aromatic rings. The highest BCUT2D eigenvalue weighted by atomic mass is 127. The molecule has 0 radical (unpaired) electrons. The average molecular weight is 507 g/mol. The summed E-state index contributed by atoms with van der Waals surface area (Å²) in [6.45, 7) is 5.58. The number of benzene rings is 1. The van der Waals surface area contributed by atoms with Gasteiger partial charge in [-0.2, -0.15) is 0 Å². The van der Waals surface area contributed by atoms with Gasteiger partial charge in [-0.25, -0.2) is 0 Å². The van der Waals surface area contributed by atoms with Crippen molar-refractivity contribution < 1.29 is 18.9 Å². The summed E-state index contributed by atoms with van der Waals surface area (Å²) in [5.41, 5.74) is 0. The molecule has 7 nitrogen and oxygen atoms in total. The maximum Gasteiger partial charge on any atom is 0.193 e. The summed E-state index contributed by atoms with van der Waals surface area (Å²) in [4.78, 5) is 6.71. The maximum atomic E-state index is 5.75. The molecule has 0 amide bonds. The highest BCUT2D eigenvalue weighted by Crippen LogP contribution is 2.17. The SMILES string of the molecule is CN=C(NCCCOc1ccc(OC)cc1)N1CCC(COCCOC)C1.I. The number of aliphatic imine (C=N–C) groups is 1. The molecule has 1 aliphatic rings. The molecule has 0 aliphatic carbocycles. The summed E-state index contributed by atoms with van der Waals surface area (Å²) in [6.07, 6.45) is 2.04. The van der Waals surface area contributed by atoms with Gasteiger partial charge in [-0.05, 0) is 37.1 Å². The standard InChI is InChI=1S/C20H33N3O4.HI/c1-21-20(23-11-9-17(15-23)16-26-14-13-24-2)22-10-4-12-27-19-7-5-18(25-3)6-8-19;/h5-8,17H,4,9-16H2,1-3H3,(H,21,22);1H. The Balaban J connectivity index is 0.00000392. The fourth-order valence-corrected chi connectivity index (χ4v) is 3.02. The zero-order valence-electron chi connectivity index (χ0n) is 17.2. The predicted octanol–water partition coefficient (Wildman–Crippen LogP) is 2.64. The summed E-state index contributed by atoms with van der Waals surface area (Å²) < 4.78 is 21.6. The van der Waals surface area contributed by atoms with Crippen molar-refractivity contribution in [2.75, 3.05) is 67.3 Å². The molecule has 2 rings (SSSR count). The van der Waals surface area contributed by atoms with Crippen molar-refractivity contribution in [3.8, 4) is 11.5 Å². The molecule has 1 aromatic carbocycles. The monoisotopic (exact) mass is 507 g/mol. The average Bonchev–Trinajstić information content (AvgIpc) is 3.17. The zero-order chi connectivity index (χ0) is 19.3. The Hall–Kier alpha value is -1.26. The molecular formula is C20H34IN3O4. The first-order valence-electron chi connectivity index (χ1n) is 9.56. The van der Waals surface area contributed by atoms with Crippen molar-refractivity contribution in [1.82, 2.24) is 10.2 Å². The molecule has 28 heavy (non-hydrogen) atoms. The van der Waals surface area contributed by atoms with E-state index in [0.29, 0.717) is 25.7 Å². The van der Waals surface area contributed by atoms with E-state index in [9.17, 15) is 0 Å². The zero-order valence-corrected chi connectivity index (χ0v) is 19.5. The Morgan fingerprint density at radius 2 is 1.89 bits per heavy atom. The van der Waals surface area contributed by atoms with Crippen molar-refractivity contribution in [2.24, 2.45) is 10.9 Å². The second-order valence-corrected chi connectivity index (χ2v) is 6.52. The van der Waals surface area contributed by atoms with Crippen LogP contribution >= 0.6 is 24.0 Å². The lowest BCUT2D eigenvalue weighted by atomic mass is 10.1. The first-order chi connectivity index (χ1) is 13.3. The van der Waals surface area contributed by atoms with Gasteiger partial charge >= 0.3 is 0 Å². The third-order valence-electron chi connectivity index (χ3n) is 4.51. The van der Waals surface area contributed by atoms with Crippen LogP contribution in [-0.2, 0) is 9.47 Å². The fourth-order valence-electron chi connectivity index (χ4n) is 3.02. The van der Waals surface area contributed by atoms with Crippen LogP contribution in [0.15, 0.2) is 29.3 Å². The van der Waals surface area contributed by atoms with Crippen LogP contribution in [0.1, 0.15) is 12.8 Å². The normalized spacial score (nSPS) is 16.6. The van der Waals surface area contributed by atoms with Gasteiger partial charge in [-0.1, -0.05) is 0 Å². The van der Waals surface area contributed by atoms with Gasteiger partial charge in [0.15, 0.2) is 5.96 Å². The molecule has 1 unspecified atom stereocenters. The summed E-state index contributed by atoms with van der Waals surface area (Å²) >= 11 is 0. The Morgan fingerprint density at radius 1 is 1.14 bits per heavy atom. The number of methoxy groups -OCH3 is 2. The summed E-state index contributed by atoms with van der Waals surface area (Å²) in [5, 5.41) is 3.43. The van der Waals surface area contributed by atoms with Crippen molar-refractivity contribution in [1.29, 1.82) is 0 Å². The van der Waals surface area contributed by atoms with Crippen LogP contribution in [0.25, 0.3) is 0 Å². The molecule has 0 aromatic heterocycles. The number of halogens is 1. The van der Waals surface area contributed by atoms with Crippen LogP contribution in [0.2, 0.25) is 0 Å². The lowest BCUT2D eigenvalue weighted by molar-refractivity contribution is 0.0536. The minimum absolute atomic E-state index is 0. The molecule has 0 bridgehead atoms. The predicted molar refractivity (Wildman–Crippen MR) is 122 cm³/mol. The highest BCUT2D eigenvalue weighted by molar-refractivity contribution is 14.0. The lowest BCUT2D eigenvalue weighted by Crippen LogP contribution is -2.40. The Labute approximate surface area is 185 Å². The van der Waals surface area contributed by atoms with E-state index in [1.54, 1.807) is 14.2 Å². The molecule has 160 valence electrons. The van der Waals surface area contributed by atoms with Crippen molar-refractivity contribution in [3.05, 3.63) is 24.3 Å². The number of likely N-dealkylation sites (tertiary alicyclic amines) is 1. The summed E-state index contributed by atoms with van der Waals surface area (Å²) in [5.74, 6) is 3.20. The summed E-state index contributed by atoms with van der Waals surface area (Å²) in [6, 6.07) is 7.64. The number of rotatable bonds is 11. The number of ether oxygens (including phenoxy) is 4. The molecule has 1 fully saturated rings. The molecular weight excluding hydrogens is 473 g/mol. The second-order valence-electron chi connectivity index (χ2n) is 6.52. The van der Waals surface area contributed by atoms with Crippen molar-refractivity contribution in [3.63, 3.8) is 0 Å². The van der Waals surface area contributed by atoms with Gasteiger partial charge in [0.05, 0.1) is 33.5 Å². The van der Waals surface area contributed by atoms with Gasteiger partial charge in [0, 0.05) is 39.7 Å². The summed E-state index contributed by atoms with van der Waals surface area (Å²) in [7, 11) is 5.18. The van der Waals surface area contributed by atoms with E-state index in [2.05, 4.69) is 15.2 Å². The van der Waals surface area contributed by atoms with E-state index in [1.165, 1.54) is 0 Å². The van der Waals surface area contributed by atoms with Gasteiger partial charge in [-0.3, -0.25) is 4.99 Å². The van der Waals surface area contributed by atoms with Crippen LogP contribution in [0.5, 0.6) is 11.5 Å². The van der Waals surface area contributed by atoms with Crippen LogP contribution < -0.4 is 14.8 Å². The molecule has 1 aliphatic heterocycles. The van der Waals surface area contributed by atoms with Gasteiger partial charge in [0.2, 0.25) is 0 Å². The second kappa shape index (κ2) is 14.7. The van der Waals surface area contributed by atoms with Crippen LogP contribution in [0.3, 0.4) is 0 Å².